The third-order valence-corrected chi connectivity index (χ3v) is 3.78. The van der Waals surface area contributed by atoms with Crippen LogP contribution in [0.25, 0.3) is 0 Å². The van der Waals surface area contributed by atoms with Gasteiger partial charge in [0.1, 0.15) is 0 Å². The number of rotatable bonds is 3. The lowest BCUT2D eigenvalue weighted by molar-refractivity contribution is 0.867. The van der Waals surface area contributed by atoms with Crippen molar-refractivity contribution in [2.75, 3.05) is 5.32 Å². The van der Waals surface area contributed by atoms with Gasteiger partial charge < -0.3 is 5.32 Å². The Morgan fingerprint density at radius 3 is 2.65 bits per heavy atom. The maximum absolute atomic E-state index is 11.9. The molecule has 0 saturated heterocycles. The maximum Gasteiger partial charge on any atom is 0.255 e. The number of H-pyrrole nitrogens is 1. The molecule has 1 aliphatic rings. The first-order chi connectivity index (χ1) is 9.63. The summed E-state index contributed by atoms with van der Waals surface area (Å²) in [6.07, 6.45) is 2.78. The quantitative estimate of drug-likeness (QED) is 0.900. The van der Waals surface area contributed by atoms with Crippen LogP contribution in [0.2, 0.25) is 0 Å². The molecule has 0 saturated carbocycles. The van der Waals surface area contributed by atoms with Crippen LogP contribution in [0.1, 0.15) is 43.0 Å². The second-order valence-electron chi connectivity index (χ2n) is 5.60. The van der Waals surface area contributed by atoms with Crippen molar-refractivity contribution in [1.82, 2.24) is 9.97 Å². The highest BCUT2D eigenvalue weighted by Gasteiger charge is 2.16. The predicted molar refractivity (Wildman–Crippen MR) is 80.7 cm³/mol. The molecule has 0 atom stereocenters. The largest absolute Gasteiger partial charge is 0.326 e. The van der Waals surface area contributed by atoms with Gasteiger partial charge in [0.25, 0.3) is 5.56 Å². The fraction of sp³-hybridized carbons (Fsp3) is 0.375. The van der Waals surface area contributed by atoms with Gasteiger partial charge in [-0.25, -0.2) is 4.98 Å². The van der Waals surface area contributed by atoms with Crippen LogP contribution in [0, 0.1) is 0 Å². The second kappa shape index (κ2) is 5.12. The van der Waals surface area contributed by atoms with E-state index in [1.54, 1.807) is 0 Å². The van der Waals surface area contributed by atoms with Crippen LogP contribution >= 0.6 is 0 Å². The van der Waals surface area contributed by atoms with E-state index in [0.29, 0.717) is 11.9 Å². The molecule has 1 aliphatic carbocycles. The molecule has 0 aliphatic heterocycles. The van der Waals surface area contributed by atoms with E-state index in [9.17, 15) is 4.79 Å². The Morgan fingerprint density at radius 1 is 1.20 bits per heavy atom. The van der Waals surface area contributed by atoms with Gasteiger partial charge in [0.05, 0.1) is 5.69 Å². The van der Waals surface area contributed by atoms with Crippen LogP contribution in [0.5, 0.6) is 0 Å². The lowest BCUT2D eigenvalue weighted by atomic mass is 10.0. The van der Waals surface area contributed by atoms with E-state index in [4.69, 9.17) is 0 Å². The first kappa shape index (κ1) is 12.9. The molecule has 0 fully saturated rings. The molecule has 0 radical (unpaired) electrons. The monoisotopic (exact) mass is 269 g/mol. The molecule has 3 rings (SSSR count). The number of fused-ring (bicyclic) bond motifs is 1. The molecular formula is C16H19N3O. The summed E-state index contributed by atoms with van der Waals surface area (Å²) in [6, 6.07) is 8.22. The smallest absolute Gasteiger partial charge is 0.255 e. The fourth-order valence-electron chi connectivity index (χ4n) is 2.59. The van der Waals surface area contributed by atoms with Crippen LogP contribution in [0.4, 0.5) is 11.6 Å². The Balaban J connectivity index is 1.84. The standard InChI is InChI=1S/C16H19N3O/c1-10(2)11-6-8-12(9-7-11)17-16-18-14-5-3-4-13(14)15(20)19-16/h6-10H,3-5H2,1-2H3,(H2,17,18,19,20). The van der Waals surface area contributed by atoms with Crippen molar-refractivity contribution in [2.24, 2.45) is 0 Å². The van der Waals surface area contributed by atoms with Gasteiger partial charge in [0, 0.05) is 11.3 Å². The van der Waals surface area contributed by atoms with Gasteiger partial charge >= 0.3 is 0 Å². The summed E-state index contributed by atoms with van der Waals surface area (Å²) in [5.74, 6) is 1.05. The maximum atomic E-state index is 11.9. The molecule has 0 unspecified atom stereocenters. The third-order valence-electron chi connectivity index (χ3n) is 3.78. The first-order valence-electron chi connectivity index (χ1n) is 7.12. The molecule has 1 aromatic carbocycles. The van der Waals surface area contributed by atoms with Crippen molar-refractivity contribution < 1.29 is 0 Å². The van der Waals surface area contributed by atoms with Crippen molar-refractivity contribution >= 4 is 11.6 Å². The number of nitrogens with one attached hydrogen (secondary N) is 2. The molecule has 4 nitrogen and oxygen atoms in total. The highest BCUT2D eigenvalue weighted by Crippen LogP contribution is 2.21. The van der Waals surface area contributed by atoms with Crippen LogP contribution in [-0.4, -0.2) is 9.97 Å². The molecule has 2 N–H and O–H groups in total. The van der Waals surface area contributed by atoms with E-state index in [1.165, 1.54) is 5.56 Å². The van der Waals surface area contributed by atoms with Gasteiger partial charge in [0.2, 0.25) is 5.95 Å². The first-order valence-corrected chi connectivity index (χ1v) is 7.12. The van der Waals surface area contributed by atoms with E-state index in [0.717, 1.165) is 36.2 Å². The average Bonchev–Trinajstić information content (AvgIpc) is 2.88. The zero-order valence-electron chi connectivity index (χ0n) is 11.9. The van der Waals surface area contributed by atoms with Gasteiger partial charge in [-0.3, -0.25) is 9.78 Å². The topological polar surface area (TPSA) is 57.8 Å². The molecule has 0 amide bonds. The van der Waals surface area contributed by atoms with Crippen LogP contribution in [0.15, 0.2) is 29.1 Å². The molecule has 4 heteroatoms. The Hall–Kier alpha value is -2.10. The minimum Gasteiger partial charge on any atom is -0.326 e. The Bertz CT molecular complexity index is 671. The van der Waals surface area contributed by atoms with Crippen molar-refractivity contribution in [3.8, 4) is 0 Å². The van der Waals surface area contributed by atoms with Gasteiger partial charge in [-0.05, 0) is 42.9 Å². The lowest BCUT2D eigenvalue weighted by Crippen LogP contribution is -2.16. The molecular weight excluding hydrogens is 250 g/mol. The number of aromatic amines is 1. The SMILES string of the molecule is CC(C)c1ccc(Nc2nc3c(c(=O)[nH]2)CCC3)cc1. The summed E-state index contributed by atoms with van der Waals surface area (Å²) in [6.45, 7) is 4.34. The van der Waals surface area contributed by atoms with Crippen LogP contribution in [-0.2, 0) is 12.8 Å². The molecule has 1 aromatic heterocycles. The van der Waals surface area contributed by atoms with Crippen LogP contribution < -0.4 is 10.9 Å². The van der Waals surface area contributed by atoms with E-state index >= 15 is 0 Å². The zero-order chi connectivity index (χ0) is 14.1. The van der Waals surface area contributed by atoms with Crippen LogP contribution in [0.3, 0.4) is 0 Å². The molecule has 104 valence electrons. The van der Waals surface area contributed by atoms with Gasteiger partial charge in [-0.1, -0.05) is 26.0 Å². The van der Waals surface area contributed by atoms with Crippen molar-refractivity contribution in [2.45, 2.75) is 39.0 Å². The van der Waals surface area contributed by atoms with E-state index in [-0.39, 0.29) is 5.56 Å². The highest BCUT2D eigenvalue weighted by atomic mass is 16.1. The lowest BCUT2D eigenvalue weighted by Gasteiger charge is -2.09. The predicted octanol–water partition coefficient (Wildman–Crippen LogP) is 3.13. The van der Waals surface area contributed by atoms with E-state index in [1.807, 2.05) is 12.1 Å². The minimum atomic E-state index is -0.00574. The van der Waals surface area contributed by atoms with Crippen molar-refractivity contribution in [3.63, 3.8) is 0 Å². The molecule has 2 aromatic rings. The van der Waals surface area contributed by atoms with Gasteiger partial charge in [0.15, 0.2) is 0 Å². The number of anilines is 2. The summed E-state index contributed by atoms with van der Waals surface area (Å²) in [7, 11) is 0. The molecule has 1 heterocycles. The summed E-state index contributed by atoms with van der Waals surface area (Å²) < 4.78 is 0. The molecule has 0 spiro atoms. The summed E-state index contributed by atoms with van der Waals surface area (Å²) in [5.41, 5.74) is 4.02. The van der Waals surface area contributed by atoms with Crippen molar-refractivity contribution in [1.29, 1.82) is 0 Å². The number of aromatic nitrogens is 2. The molecule has 20 heavy (non-hydrogen) atoms. The average molecular weight is 269 g/mol. The zero-order valence-corrected chi connectivity index (χ0v) is 11.9. The summed E-state index contributed by atoms with van der Waals surface area (Å²) in [5, 5.41) is 3.17. The Kier molecular flexibility index (Phi) is 3.30. The summed E-state index contributed by atoms with van der Waals surface area (Å²) >= 11 is 0. The number of hydrogen-bond acceptors (Lipinski definition) is 3. The minimum absolute atomic E-state index is 0.00574. The van der Waals surface area contributed by atoms with E-state index < -0.39 is 0 Å². The molecule has 0 bridgehead atoms. The number of aryl methyl sites for hydroxylation is 1. The van der Waals surface area contributed by atoms with Gasteiger partial charge in [-0.2, -0.15) is 0 Å². The number of hydrogen-bond donors (Lipinski definition) is 2. The number of nitrogens with zero attached hydrogens (tertiary/aromatic N) is 1. The van der Waals surface area contributed by atoms with Crippen molar-refractivity contribution in [3.05, 3.63) is 51.4 Å². The van der Waals surface area contributed by atoms with Gasteiger partial charge in [-0.15, -0.1) is 0 Å². The fourth-order valence-corrected chi connectivity index (χ4v) is 2.59. The number of benzene rings is 1. The Morgan fingerprint density at radius 2 is 1.95 bits per heavy atom. The normalized spacial score (nSPS) is 13.6. The second-order valence-corrected chi connectivity index (χ2v) is 5.60. The Labute approximate surface area is 118 Å². The van der Waals surface area contributed by atoms with E-state index in [2.05, 4.69) is 41.3 Å². The highest BCUT2D eigenvalue weighted by molar-refractivity contribution is 5.54. The summed E-state index contributed by atoms with van der Waals surface area (Å²) in [4.78, 5) is 19.2. The third kappa shape index (κ3) is 2.46.